The smallest absolute Gasteiger partial charge is 0.305 e. The van der Waals surface area contributed by atoms with Crippen molar-refractivity contribution in [2.45, 2.75) is 31.3 Å². The van der Waals surface area contributed by atoms with Gasteiger partial charge in [-0.15, -0.1) is 11.3 Å². The van der Waals surface area contributed by atoms with Crippen molar-refractivity contribution in [2.24, 2.45) is 0 Å². The Balaban J connectivity index is 1.64. The molecular formula is C18H24ClN3O7S2. The number of hydrogen-bond donors (Lipinski definition) is 2. The number of halogens is 1. The molecule has 10 nitrogen and oxygen atoms in total. The van der Waals surface area contributed by atoms with Gasteiger partial charge < -0.3 is 19.6 Å². The molecule has 1 aromatic rings. The number of amides is 2. The van der Waals surface area contributed by atoms with Crippen molar-refractivity contribution in [1.82, 2.24) is 14.5 Å². The van der Waals surface area contributed by atoms with Gasteiger partial charge in [0.25, 0.3) is 0 Å². The van der Waals surface area contributed by atoms with E-state index < -0.39 is 46.3 Å². The Bertz CT molecular complexity index is 930. The van der Waals surface area contributed by atoms with Gasteiger partial charge in [0.1, 0.15) is 12.1 Å². The number of hydrogen-bond acceptors (Lipinski definition) is 7. The fraction of sp³-hybridized carbons (Fsp3) is 0.611. The minimum atomic E-state index is -3.76. The van der Waals surface area contributed by atoms with Gasteiger partial charge in [-0.25, -0.2) is 13.1 Å². The minimum Gasteiger partial charge on any atom is -0.481 e. The Kier molecular flexibility index (Phi) is 7.92. The third-order valence-electron chi connectivity index (χ3n) is 5.16. The topological polar surface area (TPSA) is 133 Å². The number of rotatable bonds is 9. The first-order valence-electron chi connectivity index (χ1n) is 9.79. The highest BCUT2D eigenvalue weighted by Gasteiger charge is 2.42. The number of morpholine rings is 1. The number of thiophene rings is 1. The lowest BCUT2D eigenvalue weighted by Gasteiger charge is -2.33. The monoisotopic (exact) mass is 493 g/mol. The summed E-state index contributed by atoms with van der Waals surface area (Å²) in [5.74, 6) is -2.47. The lowest BCUT2D eigenvalue weighted by Crippen LogP contribution is -2.54. The Hall–Kier alpha value is -1.73. The second kappa shape index (κ2) is 10.3. The summed E-state index contributed by atoms with van der Waals surface area (Å²) >= 11 is 7.14. The van der Waals surface area contributed by atoms with E-state index in [1.54, 1.807) is 12.1 Å². The maximum absolute atomic E-state index is 12.9. The largest absolute Gasteiger partial charge is 0.481 e. The van der Waals surface area contributed by atoms with Gasteiger partial charge >= 0.3 is 5.97 Å². The third kappa shape index (κ3) is 6.39. The maximum Gasteiger partial charge on any atom is 0.305 e. The van der Waals surface area contributed by atoms with Gasteiger partial charge in [0, 0.05) is 24.5 Å². The van der Waals surface area contributed by atoms with Gasteiger partial charge in [-0.3, -0.25) is 14.4 Å². The summed E-state index contributed by atoms with van der Waals surface area (Å²) in [6.45, 7) is 1.43. The average Bonchev–Trinajstić information content (AvgIpc) is 3.30. The molecule has 2 saturated heterocycles. The number of carbonyl (C=O) groups is 3. The van der Waals surface area contributed by atoms with E-state index in [9.17, 15) is 27.9 Å². The van der Waals surface area contributed by atoms with Crippen LogP contribution in [0, 0.1) is 0 Å². The summed E-state index contributed by atoms with van der Waals surface area (Å²) in [6.07, 6.45) is -0.121. The summed E-state index contributed by atoms with van der Waals surface area (Å²) < 4.78 is 33.1. The summed E-state index contributed by atoms with van der Waals surface area (Å²) in [7, 11) is -3.76. The summed E-state index contributed by atoms with van der Waals surface area (Å²) in [4.78, 5) is 40.6. The highest BCUT2D eigenvalue weighted by Crippen LogP contribution is 2.23. The summed E-state index contributed by atoms with van der Waals surface area (Å²) in [5.41, 5.74) is 0. The molecule has 0 aliphatic carbocycles. The zero-order valence-corrected chi connectivity index (χ0v) is 19.0. The molecular weight excluding hydrogens is 470 g/mol. The van der Waals surface area contributed by atoms with Crippen LogP contribution >= 0.6 is 22.9 Å². The number of sulfonamides is 1. The van der Waals surface area contributed by atoms with Crippen molar-refractivity contribution >= 4 is 50.7 Å². The van der Waals surface area contributed by atoms with Crippen molar-refractivity contribution in [3.8, 4) is 0 Å². The molecule has 2 fully saturated rings. The number of aryl methyl sites for hydroxylation is 1. The molecule has 0 saturated carbocycles. The van der Waals surface area contributed by atoms with Crippen molar-refractivity contribution in [1.29, 1.82) is 0 Å². The van der Waals surface area contributed by atoms with E-state index in [0.29, 0.717) is 30.6 Å². The van der Waals surface area contributed by atoms with Crippen LogP contribution in [0.4, 0.5) is 0 Å². The lowest BCUT2D eigenvalue weighted by molar-refractivity contribution is -0.151. The Morgan fingerprint density at radius 3 is 2.61 bits per heavy atom. The molecule has 31 heavy (non-hydrogen) atoms. The molecule has 2 aliphatic heterocycles. The number of aliphatic carboxylic acids is 1. The molecule has 3 heterocycles. The Labute approximate surface area is 189 Å². The van der Waals surface area contributed by atoms with Crippen LogP contribution in [0.1, 0.15) is 17.7 Å². The Morgan fingerprint density at radius 1 is 1.29 bits per heavy atom. The van der Waals surface area contributed by atoms with Gasteiger partial charge in [0.15, 0.2) is 0 Å². The predicted molar refractivity (Wildman–Crippen MR) is 114 cm³/mol. The van der Waals surface area contributed by atoms with Crippen molar-refractivity contribution in [3.05, 3.63) is 21.3 Å². The van der Waals surface area contributed by atoms with Crippen LogP contribution in [0.5, 0.6) is 0 Å². The summed E-state index contributed by atoms with van der Waals surface area (Å²) in [6, 6.07) is 1.24. The first kappa shape index (κ1) is 23.9. The molecule has 0 unspecified atom stereocenters. The van der Waals surface area contributed by atoms with E-state index in [2.05, 4.69) is 4.72 Å². The molecule has 2 aliphatic rings. The first-order chi connectivity index (χ1) is 14.7. The molecule has 0 bridgehead atoms. The van der Waals surface area contributed by atoms with Crippen LogP contribution in [-0.4, -0.2) is 91.8 Å². The van der Waals surface area contributed by atoms with E-state index >= 15 is 0 Å². The first-order valence-corrected chi connectivity index (χ1v) is 12.6. The average molecular weight is 494 g/mol. The number of nitrogens with zero attached hydrogens (tertiary/aromatic N) is 2. The maximum atomic E-state index is 12.9. The van der Waals surface area contributed by atoms with Crippen LogP contribution < -0.4 is 4.72 Å². The number of ether oxygens (including phenoxy) is 1. The zero-order valence-electron chi connectivity index (χ0n) is 16.7. The third-order valence-corrected chi connectivity index (χ3v) is 7.84. The van der Waals surface area contributed by atoms with Crippen LogP contribution in [-0.2, 0) is 35.6 Å². The van der Waals surface area contributed by atoms with E-state index in [1.807, 2.05) is 0 Å². The molecule has 3 rings (SSSR count). The van der Waals surface area contributed by atoms with Gasteiger partial charge in [0.05, 0.1) is 29.7 Å². The fourth-order valence-corrected chi connectivity index (χ4v) is 6.08. The number of carbonyl (C=O) groups excluding carboxylic acids is 2. The second-order valence-electron chi connectivity index (χ2n) is 7.32. The fourth-order valence-electron chi connectivity index (χ4n) is 3.61. The Morgan fingerprint density at radius 2 is 2.00 bits per heavy atom. The van der Waals surface area contributed by atoms with E-state index in [4.69, 9.17) is 16.3 Å². The van der Waals surface area contributed by atoms with Crippen molar-refractivity contribution in [2.75, 3.05) is 38.6 Å². The van der Waals surface area contributed by atoms with Gasteiger partial charge in [-0.05, 0) is 25.0 Å². The normalized spacial score (nSPS) is 20.8. The van der Waals surface area contributed by atoms with Gasteiger partial charge in [-0.1, -0.05) is 11.6 Å². The van der Waals surface area contributed by atoms with E-state index in [0.717, 1.165) is 4.88 Å². The second-order valence-corrected chi connectivity index (χ2v) is 11.0. The molecule has 1 aromatic heterocycles. The molecule has 2 atom stereocenters. The van der Waals surface area contributed by atoms with Crippen LogP contribution in [0.3, 0.4) is 0 Å². The van der Waals surface area contributed by atoms with Gasteiger partial charge in [-0.2, -0.15) is 0 Å². The lowest BCUT2D eigenvalue weighted by atomic mass is 10.1. The summed E-state index contributed by atoms with van der Waals surface area (Å²) in [5, 5.41) is 9.26. The molecule has 13 heteroatoms. The molecule has 172 valence electrons. The molecule has 2 N–H and O–H groups in total. The predicted octanol–water partition coefficient (Wildman–Crippen LogP) is 0.166. The highest BCUT2D eigenvalue weighted by molar-refractivity contribution is 7.89. The van der Waals surface area contributed by atoms with Crippen LogP contribution in [0.2, 0.25) is 4.34 Å². The van der Waals surface area contributed by atoms with E-state index in [1.165, 1.54) is 21.1 Å². The van der Waals surface area contributed by atoms with Crippen LogP contribution in [0.15, 0.2) is 12.1 Å². The van der Waals surface area contributed by atoms with E-state index in [-0.39, 0.29) is 25.1 Å². The number of nitrogens with one attached hydrogen (secondary N) is 1. The van der Waals surface area contributed by atoms with Crippen LogP contribution in [0.25, 0.3) is 0 Å². The number of likely N-dealkylation sites (tertiary alicyclic amines) is 1. The van der Waals surface area contributed by atoms with Crippen molar-refractivity contribution in [3.63, 3.8) is 0 Å². The molecule has 0 spiro atoms. The van der Waals surface area contributed by atoms with Crippen molar-refractivity contribution < 1.29 is 32.6 Å². The zero-order chi connectivity index (χ0) is 22.6. The highest BCUT2D eigenvalue weighted by atomic mass is 35.5. The minimum absolute atomic E-state index is 0.0978. The SMILES string of the molecule is O=C(O)C[C@@H](C(=O)N1CCOCC1)N1CC[C@H](NS(=O)(=O)CCc2ccc(Cl)s2)C1=O. The molecule has 0 radical (unpaired) electrons. The molecule has 0 aromatic carbocycles. The number of carboxylic acid groups (broad SMARTS) is 1. The quantitative estimate of drug-likeness (QED) is 0.500. The standard InChI is InChI=1S/C18H24ClN3O7S2/c19-15-2-1-12(30-15)4-10-31(27,28)20-13-3-5-22(17(13)25)14(11-16(23)24)18(26)21-6-8-29-9-7-21/h1-2,13-14,20H,3-11H2,(H,23,24)/t13-,14-/m0/s1. The molecule has 2 amide bonds. The van der Waals surface area contributed by atoms with Gasteiger partial charge in [0.2, 0.25) is 21.8 Å². The number of carboxylic acids is 1.